The van der Waals surface area contributed by atoms with E-state index in [-0.39, 0.29) is 5.28 Å². The maximum Gasteiger partial charge on any atom is 0.229 e. The summed E-state index contributed by atoms with van der Waals surface area (Å²) in [6.45, 7) is 5.97. The molecule has 0 aliphatic rings. The Kier molecular flexibility index (Phi) is 4.45. The lowest BCUT2D eigenvalue weighted by Crippen LogP contribution is -2.11. The normalized spacial score (nSPS) is 10.5. The molecule has 0 aliphatic heterocycles. The summed E-state index contributed by atoms with van der Waals surface area (Å²) in [7, 11) is 0. The van der Waals surface area contributed by atoms with Gasteiger partial charge in [0.25, 0.3) is 0 Å². The zero-order valence-corrected chi connectivity index (χ0v) is 11.5. The van der Waals surface area contributed by atoms with E-state index in [0.29, 0.717) is 25.0 Å². The van der Waals surface area contributed by atoms with E-state index in [9.17, 15) is 0 Å². The average Bonchev–Trinajstić information content (AvgIpc) is 2.83. The van der Waals surface area contributed by atoms with Crippen molar-refractivity contribution >= 4 is 23.5 Å². The number of aryl methyl sites for hydroxylation is 1. The molecule has 19 heavy (non-hydrogen) atoms. The molecule has 0 spiro atoms. The minimum absolute atomic E-state index is 0.144. The van der Waals surface area contributed by atoms with Gasteiger partial charge in [-0.25, -0.2) is 0 Å². The molecule has 2 aromatic heterocycles. The summed E-state index contributed by atoms with van der Waals surface area (Å²) in [6, 6.07) is 0. The number of hydrogen-bond donors (Lipinski definition) is 2. The summed E-state index contributed by atoms with van der Waals surface area (Å²) in [5.74, 6) is 1.66. The minimum Gasteiger partial charge on any atom is -0.354 e. The molecule has 2 N–H and O–H groups in total. The summed E-state index contributed by atoms with van der Waals surface area (Å²) < 4.78 is 1.93. The molecule has 2 heterocycles. The molecule has 0 atom stereocenters. The zero-order valence-electron chi connectivity index (χ0n) is 10.8. The third-order valence-corrected chi connectivity index (χ3v) is 2.55. The second kappa shape index (κ2) is 6.28. The van der Waals surface area contributed by atoms with Gasteiger partial charge in [0.05, 0.1) is 6.54 Å². The Hall–Kier alpha value is -1.96. The first kappa shape index (κ1) is 13.5. The molecule has 0 bridgehead atoms. The van der Waals surface area contributed by atoms with Crippen LogP contribution in [0.4, 0.5) is 11.9 Å². The molecule has 0 unspecified atom stereocenters. The van der Waals surface area contributed by atoms with Gasteiger partial charge in [-0.2, -0.15) is 15.0 Å². The fourth-order valence-electron chi connectivity index (χ4n) is 1.50. The van der Waals surface area contributed by atoms with E-state index in [1.165, 1.54) is 0 Å². The largest absolute Gasteiger partial charge is 0.354 e. The van der Waals surface area contributed by atoms with Crippen molar-refractivity contribution in [1.82, 2.24) is 29.7 Å². The zero-order chi connectivity index (χ0) is 13.7. The molecule has 2 rings (SSSR count). The highest BCUT2D eigenvalue weighted by Gasteiger charge is 2.06. The SMILES string of the molecule is CCNc1nc(Cl)nc(NCc2nncn2CC)n1. The fraction of sp³-hybridized carbons (Fsp3) is 0.500. The monoisotopic (exact) mass is 282 g/mol. The second-order valence-corrected chi connectivity index (χ2v) is 4.01. The summed E-state index contributed by atoms with van der Waals surface area (Å²) >= 11 is 5.83. The number of hydrogen-bond acceptors (Lipinski definition) is 7. The van der Waals surface area contributed by atoms with Crippen LogP contribution in [-0.4, -0.2) is 36.3 Å². The van der Waals surface area contributed by atoms with Gasteiger partial charge in [0, 0.05) is 13.1 Å². The number of nitrogens with one attached hydrogen (secondary N) is 2. The van der Waals surface area contributed by atoms with E-state index < -0.39 is 0 Å². The van der Waals surface area contributed by atoms with Crippen LogP contribution in [0, 0.1) is 0 Å². The van der Waals surface area contributed by atoms with E-state index >= 15 is 0 Å². The number of anilines is 2. The summed E-state index contributed by atoms with van der Waals surface area (Å²) in [5.41, 5.74) is 0. The molecule has 0 radical (unpaired) electrons. The lowest BCUT2D eigenvalue weighted by atomic mass is 10.5. The summed E-state index contributed by atoms with van der Waals surface area (Å²) in [6.07, 6.45) is 1.68. The predicted octanol–water partition coefficient (Wildman–Crippen LogP) is 1.18. The van der Waals surface area contributed by atoms with E-state index in [1.54, 1.807) is 6.33 Å². The van der Waals surface area contributed by atoms with Gasteiger partial charge >= 0.3 is 0 Å². The first-order valence-corrected chi connectivity index (χ1v) is 6.36. The predicted molar refractivity (Wildman–Crippen MR) is 72.0 cm³/mol. The number of halogens is 1. The lowest BCUT2D eigenvalue weighted by Gasteiger charge is -2.07. The van der Waals surface area contributed by atoms with Gasteiger partial charge in [-0.1, -0.05) is 0 Å². The van der Waals surface area contributed by atoms with Gasteiger partial charge < -0.3 is 15.2 Å². The smallest absolute Gasteiger partial charge is 0.229 e. The Labute approximate surface area is 115 Å². The lowest BCUT2D eigenvalue weighted by molar-refractivity contribution is 0.706. The fourth-order valence-corrected chi connectivity index (χ4v) is 1.66. The molecule has 9 heteroatoms. The standard InChI is InChI=1S/C10H15ClN8/c1-3-12-9-15-8(11)16-10(17-9)13-5-7-18-14-6-19(7)4-2/h6H,3-5H2,1-2H3,(H2,12,13,15,16,17). The van der Waals surface area contributed by atoms with E-state index in [2.05, 4.69) is 35.8 Å². The van der Waals surface area contributed by atoms with Crippen molar-refractivity contribution in [2.24, 2.45) is 0 Å². The highest BCUT2D eigenvalue weighted by atomic mass is 35.5. The van der Waals surface area contributed by atoms with Crippen LogP contribution in [0.3, 0.4) is 0 Å². The molecular weight excluding hydrogens is 268 g/mol. The van der Waals surface area contributed by atoms with Crippen LogP contribution >= 0.6 is 11.6 Å². The molecule has 0 aliphatic carbocycles. The second-order valence-electron chi connectivity index (χ2n) is 3.67. The first-order chi connectivity index (χ1) is 9.22. The van der Waals surface area contributed by atoms with E-state index in [4.69, 9.17) is 11.6 Å². The van der Waals surface area contributed by atoms with E-state index in [1.807, 2.05) is 18.4 Å². The van der Waals surface area contributed by atoms with Crippen molar-refractivity contribution in [2.75, 3.05) is 17.2 Å². The van der Waals surface area contributed by atoms with Gasteiger partial charge in [0.1, 0.15) is 6.33 Å². The molecule has 2 aromatic rings. The number of aromatic nitrogens is 6. The van der Waals surface area contributed by atoms with Crippen LogP contribution in [0.15, 0.2) is 6.33 Å². The molecule has 0 saturated heterocycles. The first-order valence-electron chi connectivity index (χ1n) is 5.99. The van der Waals surface area contributed by atoms with Crippen LogP contribution in [0.5, 0.6) is 0 Å². The van der Waals surface area contributed by atoms with E-state index in [0.717, 1.165) is 12.4 Å². The molecular formula is C10H15ClN8. The Morgan fingerprint density at radius 3 is 2.58 bits per heavy atom. The Bertz CT molecular complexity index is 540. The molecule has 0 saturated carbocycles. The Balaban J connectivity index is 2.06. The summed E-state index contributed by atoms with van der Waals surface area (Å²) in [4.78, 5) is 12.2. The van der Waals surface area contributed by atoms with Crippen molar-refractivity contribution in [3.63, 3.8) is 0 Å². The average molecular weight is 283 g/mol. The quantitative estimate of drug-likeness (QED) is 0.821. The molecule has 0 amide bonds. The molecule has 102 valence electrons. The van der Waals surface area contributed by atoms with Crippen LogP contribution in [-0.2, 0) is 13.1 Å². The summed E-state index contributed by atoms with van der Waals surface area (Å²) in [5, 5.41) is 14.0. The van der Waals surface area contributed by atoms with Gasteiger partial charge in [0.15, 0.2) is 5.82 Å². The van der Waals surface area contributed by atoms with Crippen LogP contribution in [0.1, 0.15) is 19.7 Å². The van der Waals surface area contributed by atoms with Crippen LogP contribution in [0.25, 0.3) is 0 Å². The van der Waals surface area contributed by atoms with Crippen molar-refractivity contribution in [2.45, 2.75) is 26.9 Å². The van der Waals surface area contributed by atoms with Crippen molar-refractivity contribution < 1.29 is 0 Å². The Morgan fingerprint density at radius 2 is 1.89 bits per heavy atom. The van der Waals surface area contributed by atoms with Crippen molar-refractivity contribution in [3.8, 4) is 0 Å². The molecule has 8 nitrogen and oxygen atoms in total. The minimum atomic E-state index is 0.144. The van der Waals surface area contributed by atoms with Crippen LogP contribution in [0.2, 0.25) is 5.28 Å². The molecule has 0 aromatic carbocycles. The highest BCUT2D eigenvalue weighted by Crippen LogP contribution is 2.10. The van der Waals surface area contributed by atoms with Crippen molar-refractivity contribution in [1.29, 1.82) is 0 Å². The third kappa shape index (κ3) is 3.50. The highest BCUT2D eigenvalue weighted by molar-refractivity contribution is 6.28. The van der Waals surface area contributed by atoms with Gasteiger partial charge in [-0.05, 0) is 25.4 Å². The van der Waals surface area contributed by atoms with Gasteiger partial charge in [-0.15, -0.1) is 10.2 Å². The van der Waals surface area contributed by atoms with Gasteiger partial charge in [-0.3, -0.25) is 0 Å². The topological polar surface area (TPSA) is 93.4 Å². The molecule has 0 fully saturated rings. The van der Waals surface area contributed by atoms with Gasteiger partial charge in [0.2, 0.25) is 17.2 Å². The third-order valence-electron chi connectivity index (χ3n) is 2.38. The van der Waals surface area contributed by atoms with Crippen LogP contribution < -0.4 is 10.6 Å². The number of nitrogens with zero attached hydrogens (tertiary/aromatic N) is 6. The maximum atomic E-state index is 5.83. The Morgan fingerprint density at radius 1 is 1.16 bits per heavy atom. The maximum absolute atomic E-state index is 5.83. The van der Waals surface area contributed by atoms with Crippen molar-refractivity contribution in [3.05, 3.63) is 17.4 Å². The number of rotatable bonds is 6.